The molecular weight excluding hydrogens is 747 g/mol. The molecular formula is C51H29N5S2. The van der Waals surface area contributed by atoms with Crippen LogP contribution in [0.3, 0.4) is 0 Å². The van der Waals surface area contributed by atoms with Crippen LogP contribution < -0.4 is 0 Å². The molecule has 0 aliphatic heterocycles. The number of para-hydroxylation sites is 4. The Kier molecular flexibility index (Phi) is 6.70. The molecule has 13 aromatic rings. The van der Waals surface area contributed by atoms with Crippen molar-refractivity contribution in [3.05, 3.63) is 176 Å². The van der Waals surface area contributed by atoms with E-state index in [2.05, 4.69) is 167 Å². The third kappa shape index (κ3) is 4.54. The van der Waals surface area contributed by atoms with Crippen LogP contribution in [0.1, 0.15) is 0 Å². The molecule has 0 bridgehead atoms. The van der Waals surface area contributed by atoms with E-state index >= 15 is 0 Å². The van der Waals surface area contributed by atoms with Gasteiger partial charge in [0.15, 0.2) is 11.6 Å². The van der Waals surface area contributed by atoms with Crippen LogP contribution >= 0.6 is 22.7 Å². The standard InChI is InChI=1S/C51H29N5S2/c1-2-14-30(15-3-1)49-52-50(54-51(53-49)56-42-23-11-6-18-34(42)35-19-7-12-24-43(35)56)39-29-31(55-40-21-9-4-16-32(40)33-17-5-10-22-41(33)55)28-38-46-45(58-47(38)39)27-26-37-36-20-8-13-25-44(36)57-48(37)46/h1-29H. The molecule has 5 aromatic heterocycles. The minimum absolute atomic E-state index is 0.588. The lowest BCUT2D eigenvalue weighted by molar-refractivity contribution is 0.954. The molecule has 0 fully saturated rings. The molecule has 0 radical (unpaired) electrons. The van der Waals surface area contributed by atoms with Gasteiger partial charge in [0.25, 0.3) is 0 Å². The van der Waals surface area contributed by atoms with E-state index in [4.69, 9.17) is 15.0 Å². The molecule has 8 aromatic carbocycles. The second-order valence-corrected chi connectivity index (χ2v) is 16.9. The first kappa shape index (κ1) is 32.0. The smallest absolute Gasteiger partial charge is 0.238 e. The van der Waals surface area contributed by atoms with E-state index in [0.717, 1.165) is 54.4 Å². The highest BCUT2D eigenvalue weighted by Crippen LogP contribution is 2.48. The molecule has 270 valence electrons. The van der Waals surface area contributed by atoms with Gasteiger partial charge in [0.05, 0.1) is 22.1 Å². The lowest BCUT2D eigenvalue weighted by atomic mass is 10.0. The van der Waals surface area contributed by atoms with E-state index in [0.29, 0.717) is 17.6 Å². The Hall–Kier alpha value is -7.19. The summed E-state index contributed by atoms with van der Waals surface area (Å²) in [6.07, 6.45) is 0. The van der Waals surface area contributed by atoms with Crippen LogP contribution in [0.25, 0.3) is 118 Å². The number of hydrogen-bond acceptors (Lipinski definition) is 5. The Labute approximate surface area is 339 Å². The summed E-state index contributed by atoms with van der Waals surface area (Å²) >= 11 is 3.70. The van der Waals surface area contributed by atoms with Crippen LogP contribution in [0.4, 0.5) is 0 Å². The molecule has 0 saturated carbocycles. The quantitative estimate of drug-likeness (QED) is 0.179. The Morgan fingerprint density at radius 3 is 1.55 bits per heavy atom. The molecule has 13 rings (SSSR count). The van der Waals surface area contributed by atoms with Crippen molar-refractivity contribution in [1.82, 2.24) is 24.1 Å². The summed E-state index contributed by atoms with van der Waals surface area (Å²) in [5.74, 6) is 1.85. The molecule has 5 nitrogen and oxygen atoms in total. The first-order valence-corrected chi connectivity index (χ1v) is 21.0. The lowest BCUT2D eigenvalue weighted by Crippen LogP contribution is -2.06. The molecule has 0 spiro atoms. The number of hydrogen-bond donors (Lipinski definition) is 0. The predicted molar refractivity (Wildman–Crippen MR) is 245 cm³/mol. The van der Waals surface area contributed by atoms with Crippen molar-refractivity contribution < 1.29 is 0 Å². The van der Waals surface area contributed by atoms with Gasteiger partial charge in [-0.05, 0) is 48.5 Å². The van der Waals surface area contributed by atoms with E-state index in [-0.39, 0.29) is 0 Å². The van der Waals surface area contributed by atoms with Crippen molar-refractivity contribution in [2.45, 2.75) is 0 Å². The van der Waals surface area contributed by atoms with Crippen LogP contribution in [0, 0.1) is 0 Å². The highest BCUT2D eigenvalue weighted by atomic mass is 32.1. The maximum Gasteiger partial charge on any atom is 0.238 e. The van der Waals surface area contributed by atoms with Crippen molar-refractivity contribution in [2.24, 2.45) is 0 Å². The lowest BCUT2D eigenvalue weighted by Gasteiger charge is -2.14. The van der Waals surface area contributed by atoms with Gasteiger partial charge in [0.1, 0.15) is 0 Å². The predicted octanol–water partition coefficient (Wildman–Crippen LogP) is 14.1. The van der Waals surface area contributed by atoms with E-state index in [1.807, 2.05) is 40.9 Å². The Morgan fingerprint density at radius 1 is 0.362 bits per heavy atom. The third-order valence-corrected chi connectivity index (χ3v) is 14.0. The van der Waals surface area contributed by atoms with Gasteiger partial charge >= 0.3 is 0 Å². The van der Waals surface area contributed by atoms with Crippen molar-refractivity contribution in [1.29, 1.82) is 0 Å². The maximum atomic E-state index is 5.48. The van der Waals surface area contributed by atoms with Gasteiger partial charge in [-0.15, -0.1) is 22.7 Å². The number of fused-ring (bicyclic) bond motifs is 13. The van der Waals surface area contributed by atoms with Crippen LogP contribution in [-0.4, -0.2) is 24.1 Å². The van der Waals surface area contributed by atoms with E-state index in [1.165, 1.54) is 46.4 Å². The van der Waals surface area contributed by atoms with Crippen LogP contribution in [0.2, 0.25) is 0 Å². The van der Waals surface area contributed by atoms with E-state index in [9.17, 15) is 0 Å². The molecule has 7 heteroatoms. The average Bonchev–Trinajstić information content (AvgIpc) is 4.04. The van der Waals surface area contributed by atoms with Gasteiger partial charge in [0, 0.05) is 78.7 Å². The zero-order valence-corrected chi connectivity index (χ0v) is 32.4. The Bertz CT molecular complexity index is 3710. The second kappa shape index (κ2) is 12.2. The molecule has 0 atom stereocenters. The Morgan fingerprint density at radius 2 is 0.897 bits per heavy atom. The molecule has 0 unspecified atom stereocenters. The summed E-state index contributed by atoms with van der Waals surface area (Å²) in [6.45, 7) is 0. The summed E-state index contributed by atoms with van der Waals surface area (Å²) in [5.41, 5.74) is 7.41. The highest BCUT2D eigenvalue weighted by Gasteiger charge is 2.23. The van der Waals surface area contributed by atoms with Crippen molar-refractivity contribution in [2.75, 3.05) is 0 Å². The monoisotopic (exact) mass is 775 g/mol. The van der Waals surface area contributed by atoms with Gasteiger partial charge in [-0.1, -0.05) is 127 Å². The molecule has 0 saturated heterocycles. The summed E-state index contributed by atoms with van der Waals surface area (Å²) < 4.78 is 9.61. The average molecular weight is 776 g/mol. The van der Waals surface area contributed by atoms with Crippen LogP contribution in [0.5, 0.6) is 0 Å². The van der Waals surface area contributed by atoms with Crippen molar-refractivity contribution in [3.63, 3.8) is 0 Å². The van der Waals surface area contributed by atoms with Gasteiger partial charge in [-0.25, -0.2) is 4.98 Å². The van der Waals surface area contributed by atoms with Crippen molar-refractivity contribution >= 4 is 107 Å². The first-order chi connectivity index (χ1) is 28.8. The minimum atomic E-state index is 0.588. The topological polar surface area (TPSA) is 48.5 Å². The zero-order valence-electron chi connectivity index (χ0n) is 30.8. The highest BCUT2D eigenvalue weighted by molar-refractivity contribution is 7.30. The molecule has 0 N–H and O–H groups in total. The second-order valence-electron chi connectivity index (χ2n) is 14.8. The molecule has 0 aliphatic rings. The molecule has 0 aliphatic carbocycles. The number of benzene rings is 8. The Balaban J connectivity index is 1.19. The van der Waals surface area contributed by atoms with Gasteiger partial charge in [0.2, 0.25) is 5.95 Å². The van der Waals surface area contributed by atoms with Crippen molar-refractivity contribution in [3.8, 4) is 34.4 Å². The maximum absolute atomic E-state index is 5.48. The van der Waals surface area contributed by atoms with Gasteiger partial charge in [-0.3, -0.25) is 4.57 Å². The summed E-state index contributed by atoms with van der Waals surface area (Å²) in [4.78, 5) is 16.1. The first-order valence-electron chi connectivity index (χ1n) is 19.4. The fraction of sp³-hybridized carbons (Fsp3) is 0. The fourth-order valence-corrected chi connectivity index (χ4v) is 11.6. The minimum Gasteiger partial charge on any atom is -0.309 e. The van der Waals surface area contributed by atoms with Crippen LogP contribution in [-0.2, 0) is 0 Å². The van der Waals surface area contributed by atoms with Crippen LogP contribution in [0.15, 0.2) is 176 Å². The number of aromatic nitrogens is 5. The normalized spacial score (nSPS) is 12.1. The summed E-state index contributed by atoms with van der Waals surface area (Å²) in [6, 6.07) is 62.8. The summed E-state index contributed by atoms with van der Waals surface area (Å²) in [7, 11) is 0. The third-order valence-electron chi connectivity index (χ3n) is 11.6. The number of thiophene rings is 2. The molecule has 5 heterocycles. The largest absolute Gasteiger partial charge is 0.309 e. The number of nitrogens with zero attached hydrogens (tertiary/aromatic N) is 5. The molecule has 58 heavy (non-hydrogen) atoms. The van der Waals surface area contributed by atoms with E-state index < -0.39 is 0 Å². The van der Waals surface area contributed by atoms with E-state index in [1.54, 1.807) is 0 Å². The van der Waals surface area contributed by atoms with Gasteiger partial charge in [-0.2, -0.15) is 9.97 Å². The summed E-state index contributed by atoms with van der Waals surface area (Å²) in [5, 5.41) is 9.83. The fourth-order valence-electron chi connectivity index (χ4n) is 9.07. The zero-order chi connectivity index (χ0) is 37.9. The number of rotatable bonds is 4. The molecule has 0 amide bonds. The van der Waals surface area contributed by atoms with Gasteiger partial charge < -0.3 is 4.57 Å². The SMILES string of the molecule is c1ccc(-c2nc(-c3cc(-n4c5ccccc5c5ccccc54)cc4c3sc3ccc5c6ccccc6sc5c34)nc(-n3c4ccccc4c4ccccc43)n2)cc1.